The number of benzene rings is 1. The van der Waals surface area contributed by atoms with Gasteiger partial charge in [0.25, 0.3) is 0 Å². The fraction of sp³-hybridized carbons (Fsp3) is 0.462. The van der Waals surface area contributed by atoms with Crippen LogP contribution < -0.4 is 0 Å². The molecule has 2 N–H and O–H groups in total. The van der Waals surface area contributed by atoms with Crippen molar-refractivity contribution in [1.29, 1.82) is 0 Å². The summed E-state index contributed by atoms with van der Waals surface area (Å²) in [7, 11) is -3.24. The van der Waals surface area contributed by atoms with Crippen LogP contribution in [0.25, 0.3) is 0 Å². The Bertz CT molecular complexity index is 646. The van der Waals surface area contributed by atoms with Gasteiger partial charge in [0, 0.05) is 19.1 Å². The van der Waals surface area contributed by atoms with Gasteiger partial charge in [-0.05, 0) is 17.7 Å². The van der Waals surface area contributed by atoms with Crippen molar-refractivity contribution >= 4 is 15.8 Å². The van der Waals surface area contributed by atoms with Gasteiger partial charge in [-0.15, -0.1) is 0 Å². The molecule has 8 heteroatoms. The summed E-state index contributed by atoms with van der Waals surface area (Å²) in [6.45, 7) is 0.452. The number of carboxylic acids is 1. The molecule has 1 saturated heterocycles. The SMILES string of the molecule is O=C(O)CC1CS(=O)(=O)CCN1Cc1ccc(O)c(F)c1. The van der Waals surface area contributed by atoms with Crippen molar-refractivity contribution < 1.29 is 27.8 Å². The summed E-state index contributed by atoms with van der Waals surface area (Å²) in [6, 6.07) is 3.28. The van der Waals surface area contributed by atoms with E-state index >= 15 is 0 Å². The van der Waals surface area contributed by atoms with Crippen LogP contribution in [0.2, 0.25) is 0 Å². The van der Waals surface area contributed by atoms with Crippen LogP contribution in [0.15, 0.2) is 18.2 Å². The first-order chi connectivity index (χ1) is 9.77. The molecule has 1 heterocycles. The summed E-state index contributed by atoms with van der Waals surface area (Å²) < 4.78 is 36.6. The molecule has 0 radical (unpaired) electrons. The van der Waals surface area contributed by atoms with E-state index in [2.05, 4.69) is 0 Å². The Morgan fingerprint density at radius 1 is 1.43 bits per heavy atom. The first kappa shape index (κ1) is 15.7. The Labute approximate surface area is 121 Å². The molecule has 1 atom stereocenters. The maximum Gasteiger partial charge on any atom is 0.304 e. The van der Waals surface area contributed by atoms with Gasteiger partial charge in [-0.25, -0.2) is 12.8 Å². The van der Waals surface area contributed by atoms with E-state index in [0.717, 1.165) is 6.07 Å². The predicted octanol–water partition coefficient (Wildman–Crippen LogP) is 0.605. The summed E-state index contributed by atoms with van der Waals surface area (Å²) in [5.74, 6) is -2.53. The van der Waals surface area contributed by atoms with Crippen LogP contribution in [0.5, 0.6) is 5.75 Å². The monoisotopic (exact) mass is 317 g/mol. The average Bonchev–Trinajstić information content (AvgIpc) is 2.36. The summed E-state index contributed by atoms with van der Waals surface area (Å²) in [4.78, 5) is 12.6. The van der Waals surface area contributed by atoms with E-state index in [0.29, 0.717) is 5.56 Å². The number of nitrogens with zero attached hydrogens (tertiary/aromatic N) is 1. The van der Waals surface area contributed by atoms with Gasteiger partial charge in [-0.2, -0.15) is 0 Å². The van der Waals surface area contributed by atoms with Crippen LogP contribution in [-0.4, -0.2) is 53.6 Å². The van der Waals surface area contributed by atoms with Gasteiger partial charge >= 0.3 is 5.97 Å². The lowest BCUT2D eigenvalue weighted by Crippen LogP contribution is -2.48. The molecule has 1 fully saturated rings. The molecule has 1 unspecified atom stereocenters. The molecular formula is C13H16FNO5S. The van der Waals surface area contributed by atoms with Gasteiger partial charge in [-0.1, -0.05) is 6.07 Å². The van der Waals surface area contributed by atoms with Crippen molar-refractivity contribution in [2.75, 3.05) is 18.1 Å². The maximum absolute atomic E-state index is 13.3. The van der Waals surface area contributed by atoms with E-state index in [-0.39, 0.29) is 31.0 Å². The molecule has 1 aliphatic heterocycles. The number of aliphatic carboxylic acids is 1. The van der Waals surface area contributed by atoms with Gasteiger partial charge in [0.15, 0.2) is 21.4 Å². The first-order valence-electron chi connectivity index (χ1n) is 6.40. The van der Waals surface area contributed by atoms with Gasteiger partial charge in [-0.3, -0.25) is 9.69 Å². The van der Waals surface area contributed by atoms with Crippen molar-refractivity contribution in [3.63, 3.8) is 0 Å². The van der Waals surface area contributed by atoms with E-state index in [1.165, 1.54) is 12.1 Å². The third-order valence-corrected chi connectivity index (χ3v) is 5.16. The Morgan fingerprint density at radius 3 is 2.76 bits per heavy atom. The number of carboxylic acid groups (broad SMARTS) is 1. The van der Waals surface area contributed by atoms with Crippen LogP contribution in [0.4, 0.5) is 4.39 Å². The van der Waals surface area contributed by atoms with Crippen molar-refractivity contribution in [2.45, 2.75) is 19.0 Å². The third-order valence-electron chi connectivity index (χ3n) is 3.46. The van der Waals surface area contributed by atoms with Crippen LogP contribution in [-0.2, 0) is 21.2 Å². The number of hydrogen-bond acceptors (Lipinski definition) is 5. The number of carbonyl (C=O) groups is 1. The number of aromatic hydroxyl groups is 1. The molecule has 0 saturated carbocycles. The summed E-state index contributed by atoms with van der Waals surface area (Å²) >= 11 is 0. The third kappa shape index (κ3) is 4.15. The smallest absolute Gasteiger partial charge is 0.304 e. The van der Waals surface area contributed by atoms with Crippen LogP contribution in [0.1, 0.15) is 12.0 Å². The van der Waals surface area contributed by atoms with Gasteiger partial charge < -0.3 is 10.2 Å². The van der Waals surface area contributed by atoms with Crippen molar-refractivity contribution in [3.05, 3.63) is 29.6 Å². The minimum atomic E-state index is -3.24. The minimum absolute atomic E-state index is 0.0380. The van der Waals surface area contributed by atoms with Crippen LogP contribution >= 0.6 is 0 Å². The molecule has 0 bridgehead atoms. The number of phenols is 1. The van der Waals surface area contributed by atoms with Gasteiger partial charge in [0.05, 0.1) is 17.9 Å². The molecule has 1 aliphatic rings. The standard InChI is InChI=1S/C13H16FNO5S/c14-11-5-9(1-2-12(11)16)7-15-3-4-21(19,20)8-10(15)6-13(17)18/h1-2,5,10,16H,3-4,6-8H2,(H,17,18). The average molecular weight is 317 g/mol. The minimum Gasteiger partial charge on any atom is -0.505 e. The second-order valence-corrected chi connectivity index (χ2v) is 7.35. The molecule has 1 aromatic carbocycles. The van der Waals surface area contributed by atoms with Gasteiger partial charge in [0.1, 0.15) is 0 Å². The summed E-state index contributed by atoms with van der Waals surface area (Å²) in [6.07, 6.45) is -0.278. The van der Waals surface area contributed by atoms with Crippen molar-refractivity contribution in [3.8, 4) is 5.75 Å². The fourth-order valence-corrected chi connectivity index (χ4v) is 4.00. The van der Waals surface area contributed by atoms with Crippen LogP contribution in [0.3, 0.4) is 0 Å². The highest BCUT2D eigenvalue weighted by atomic mass is 32.2. The molecule has 1 aromatic rings. The highest BCUT2D eigenvalue weighted by Gasteiger charge is 2.32. The molecule has 116 valence electrons. The Hall–Kier alpha value is -1.67. The first-order valence-corrected chi connectivity index (χ1v) is 8.22. The van der Waals surface area contributed by atoms with E-state index in [1.807, 2.05) is 0 Å². The van der Waals surface area contributed by atoms with E-state index in [1.54, 1.807) is 4.90 Å². The predicted molar refractivity (Wildman–Crippen MR) is 73.2 cm³/mol. The Kier molecular flexibility index (Phi) is 4.48. The molecule has 0 aliphatic carbocycles. The molecule has 6 nitrogen and oxygen atoms in total. The number of halogens is 1. The maximum atomic E-state index is 13.3. The Balaban J connectivity index is 2.15. The quantitative estimate of drug-likeness (QED) is 0.845. The number of hydrogen-bond donors (Lipinski definition) is 2. The normalized spacial score (nSPS) is 22.0. The van der Waals surface area contributed by atoms with Crippen molar-refractivity contribution in [2.24, 2.45) is 0 Å². The molecule has 2 rings (SSSR count). The lowest BCUT2D eigenvalue weighted by molar-refractivity contribution is -0.138. The fourth-order valence-electron chi connectivity index (χ4n) is 2.40. The second kappa shape index (κ2) is 5.98. The Morgan fingerprint density at radius 2 is 2.14 bits per heavy atom. The second-order valence-electron chi connectivity index (χ2n) is 5.12. The highest BCUT2D eigenvalue weighted by molar-refractivity contribution is 7.91. The number of rotatable bonds is 4. The molecule has 0 spiro atoms. The topological polar surface area (TPSA) is 94.9 Å². The molecular weight excluding hydrogens is 301 g/mol. The molecule has 0 amide bonds. The summed E-state index contributed by atoms with van der Waals surface area (Å²) in [5.41, 5.74) is 0.556. The highest BCUT2D eigenvalue weighted by Crippen LogP contribution is 2.21. The zero-order valence-corrected chi connectivity index (χ0v) is 12.0. The lowest BCUT2D eigenvalue weighted by atomic mass is 10.1. The van der Waals surface area contributed by atoms with Crippen LogP contribution in [0, 0.1) is 5.82 Å². The summed E-state index contributed by atoms with van der Waals surface area (Å²) in [5, 5.41) is 18.0. The largest absolute Gasteiger partial charge is 0.505 e. The lowest BCUT2D eigenvalue weighted by Gasteiger charge is -2.34. The van der Waals surface area contributed by atoms with Gasteiger partial charge in [0.2, 0.25) is 0 Å². The number of sulfone groups is 1. The molecule has 0 aromatic heterocycles. The van der Waals surface area contributed by atoms with E-state index in [4.69, 9.17) is 10.2 Å². The van der Waals surface area contributed by atoms with Crippen molar-refractivity contribution in [1.82, 2.24) is 4.90 Å². The molecule has 21 heavy (non-hydrogen) atoms. The zero-order valence-electron chi connectivity index (χ0n) is 11.2. The van der Waals surface area contributed by atoms with E-state index in [9.17, 15) is 17.6 Å². The zero-order chi connectivity index (χ0) is 15.6. The van der Waals surface area contributed by atoms with E-state index < -0.39 is 33.4 Å². The number of phenolic OH excluding ortho intramolecular Hbond substituents is 1.